The zero-order valence-corrected chi connectivity index (χ0v) is 12.9. The third-order valence-electron chi connectivity index (χ3n) is 2.92. The minimum absolute atomic E-state index is 0.0807. The number of hydrogen-bond donors (Lipinski definition) is 2. The van der Waals surface area contributed by atoms with Crippen LogP contribution in [-0.4, -0.2) is 32.1 Å². The number of carbonyl (C=O) groups excluding carboxylic acids is 2. The van der Waals surface area contributed by atoms with Crippen molar-refractivity contribution in [2.75, 3.05) is 25.5 Å². The first-order valence-corrected chi connectivity index (χ1v) is 7.33. The fourth-order valence-corrected chi connectivity index (χ4v) is 1.95. The number of para-hydroxylation sites is 1. The molecular weight excluding hydrogens is 292 g/mol. The molecule has 0 aromatic heterocycles. The Morgan fingerprint density at radius 1 is 1.19 bits per heavy atom. The second-order valence-corrected chi connectivity index (χ2v) is 4.98. The number of carbonyl (C=O) groups is 2. The Kier molecular flexibility index (Phi) is 8.28. The molecule has 0 saturated carbocycles. The van der Waals surface area contributed by atoms with Crippen LogP contribution in [0, 0.1) is 0 Å². The van der Waals surface area contributed by atoms with Crippen molar-refractivity contribution >= 4 is 29.2 Å². The number of hydrogen-bond acceptors (Lipinski definition) is 4. The molecule has 116 valence electrons. The number of methoxy groups -OCH3 is 1. The summed E-state index contributed by atoms with van der Waals surface area (Å²) in [6.07, 6.45) is 2.93. The first-order valence-electron chi connectivity index (χ1n) is 6.95. The summed E-state index contributed by atoms with van der Waals surface area (Å²) in [5, 5.41) is 6.39. The van der Waals surface area contributed by atoms with E-state index in [1.165, 1.54) is 7.11 Å². The zero-order valence-electron chi connectivity index (χ0n) is 12.2. The van der Waals surface area contributed by atoms with Gasteiger partial charge in [0.05, 0.1) is 24.4 Å². The molecule has 0 aliphatic carbocycles. The van der Waals surface area contributed by atoms with Gasteiger partial charge in [0.2, 0.25) is 5.91 Å². The van der Waals surface area contributed by atoms with E-state index in [1.54, 1.807) is 6.07 Å². The van der Waals surface area contributed by atoms with Gasteiger partial charge in [-0.3, -0.25) is 9.59 Å². The number of anilines is 1. The van der Waals surface area contributed by atoms with E-state index in [9.17, 15) is 9.59 Å². The fourth-order valence-electron chi connectivity index (χ4n) is 1.74. The summed E-state index contributed by atoms with van der Waals surface area (Å²) in [5.74, 6) is -0.272. The monoisotopic (exact) mass is 312 g/mol. The molecule has 1 aromatic rings. The summed E-state index contributed by atoms with van der Waals surface area (Å²) in [6, 6.07) is 7.28. The molecule has 0 spiro atoms. The van der Waals surface area contributed by atoms with Crippen LogP contribution in [0.2, 0.25) is 5.02 Å². The maximum absolute atomic E-state index is 11.6. The van der Waals surface area contributed by atoms with Crippen molar-refractivity contribution in [1.82, 2.24) is 5.32 Å². The van der Waals surface area contributed by atoms with E-state index in [-0.39, 0.29) is 18.4 Å². The van der Waals surface area contributed by atoms with E-state index in [0.29, 0.717) is 18.0 Å². The van der Waals surface area contributed by atoms with Crippen LogP contribution in [0.25, 0.3) is 0 Å². The highest BCUT2D eigenvalue weighted by Gasteiger charge is 2.03. The average Bonchev–Trinajstić information content (AvgIpc) is 2.49. The van der Waals surface area contributed by atoms with E-state index in [4.69, 9.17) is 11.6 Å². The van der Waals surface area contributed by atoms with Gasteiger partial charge in [-0.25, -0.2) is 0 Å². The number of nitrogens with one attached hydrogen (secondary N) is 2. The predicted octanol–water partition coefficient (Wildman–Crippen LogP) is 2.60. The summed E-state index contributed by atoms with van der Waals surface area (Å²) in [5.41, 5.74) is 0.743. The molecule has 0 saturated heterocycles. The Labute approximate surface area is 130 Å². The number of benzene rings is 1. The van der Waals surface area contributed by atoms with E-state index in [2.05, 4.69) is 15.4 Å². The summed E-state index contributed by atoms with van der Waals surface area (Å²) in [7, 11) is 1.38. The van der Waals surface area contributed by atoms with E-state index in [1.807, 2.05) is 18.2 Å². The molecule has 2 N–H and O–H groups in total. The third-order valence-corrected chi connectivity index (χ3v) is 3.25. The highest BCUT2D eigenvalue weighted by atomic mass is 35.5. The van der Waals surface area contributed by atoms with Crippen LogP contribution in [0.3, 0.4) is 0 Å². The smallest absolute Gasteiger partial charge is 0.305 e. The molecule has 0 bridgehead atoms. The maximum Gasteiger partial charge on any atom is 0.305 e. The predicted molar refractivity (Wildman–Crippen MR) is 83.4 cm³/mol. The van der Waals surface area contributed by atoms with Gasteiger partial charge in [0.25, 0.3) is 0 Å². The Morgan fingerprint density at radius 3 is 2.67 bits per heavy atom. The van der Waals surface area contributed by atoms with Crippen molar-refractivity contribution < 1.29 is 14.3 Å². The van der Waals surface area contributed by atoms with Crippen molar-refractivity contribution in [3.63, 3.8) is 0 Å². The molecule has 0 atom stereocenters. The minimum atomic E-state index is -0.192. The topological polar surface area (TPSA) is 67.4 Å². The second kappa shape index (κ2) is 10.0. The molecule has 21 heavy (non-hydrogen) atoms. The van der Waals surface area contributed by atoms with Crippen LogP contribution >= 0.6 is 11.6 Å². The summed E-state index contributed by atoms with van der Waals surface area (Å²) in [6.45, 7) is 0.788. The van der Waals surface area contributed by atoms with Crippen LogP contribution in [0.5, 0.6) is 0 Å². The quantitative estimate of drug-likeness (QED) is 0.543. The van der Waals surface area contributed by atoms with Crippen molar-refractivity contribution in [1.29, 1.82) is 0 Å². The Balaban J connectivity index is 2.07. The molecule has 0 aliphatic heterocycles. The standard InChI is InChI=1S/C15H21ClN2O3/c1-21-15(20)9-3-2-6-10-17-14(19)11-18-13-8-5-4-7-12(13)16/h4-5,7-8,18H,2-3,6,9-11H2,1H3,(H,17,19). The lowest BCUT2D eigenvalue weighted by Crippen LogP contribution is -2.30. The van der Waals surface area contributed by atoms with Gasteiger partial charge in [-0.1, -0.05) is 30.2 Å². The van der Waals surface area contributed by atoms with Crippen molar-refractivity contribution in [3.8, 4) is 0 Å². The highest BCUT2D eigenvalue weighted by molar-refractivity contribution is 6.33. The lowest BCUT2D eigenvalue weighted by molar-refractivity contribution is -0.140. The Hall–Kier alpha value is -1.75. The fraction of sp³-hybridized carbons (Fsp3) is 0.467. The van der Waals surface area contributed by atoms with E-state index < -0.39 is 0 Å². The van der Waals surface area contributed by atoms with Crippen LogP contribution < -0.4 is 10.6 Å². The normalized spacial score (nSPS) is 10.0. The zero-order chi connectivity index (χ0) is 15.5. The molecule has 0 unspecified atom stereocenters. The molecule has 6 heteroatoms. The maximum atomic E-state index is 11.6. The Bertz CT molecular complexity index is 466. The largest absolute Gasteiger partial charge is 0.469 e. The Morgan fingerprint density at radius 2 is 1.95 bits per heavy atom. The lowest BCUT2D eigenvalue weighted by Gasteiger charge is -2.08. The first kappa shape index (κ1) is 17.3. The number of esters is 1. The van der Waals surface area contributed by atoms with Crippen LogP contribution in [-0.2, 0) is 14.3 Å². The number of halogens is 1. The number of ether oxygens (including phenoxy) is 1. The van der Waals surface area contributed by atoms with Gasteiger partial charge in [0, 0.05) is 13.0 Å². The first-order chi connectivity index (χ1) is 10.1. The van der Waals surface area contributed by atoms with Crippen molar-refractivity contribution in [2.45, 2.75) is 25.7 Å². The van der Waals surface area contributed by atoms with Crippen LogP contribution in [0.4, 0.5) is 5.69 Å². The molecule has 1 amide bonds. The summed E-state index contributed by atoms with van der Waals surface area (Å²) in [4.78, 5) is 22.5. The van der Waals surface area contributed by atoms with E-state index in [0.717, 1.165) is 24.9 Å². The summed E-state index contributed by atoms with van der Waals surface area (Å²) >= 11 is 5.97. The molecule has 1 rings (SSSR count). The molecule has 0 aliphatic rings. The van der Waals surface area contributed by atoms with E-state index >= 15 is 0 Å². The van der Waals surface area contributed by atoms with Gasteiger partial charge < -0.3 is 15.4 Å². The lowest BCUT2D eigenvalue weighted by atomic mass is 10.2. The second-order valence-electron chi connectivity index (χ2n) is 4.57. The van der Waals surface area contributed by atoms with Crippen LogP contribution in [0.15, 0.2) is 24.3 Å². The number of amides is 1. The number of rotatable bonds is 9. The van der Waals surface area contributed by atoms with Gasteiger partial charge >= 0.3 is 5.97 Å². The van der Waals surface area contributed by atoms with Gasteiger partial charge in [-0.2, -0.15) is 0 Å². The van der Waals surface area contributed by atoms with Gasteiger partial charge in [0.15, 0.2) is 0 Å². The van der Waals surface area contributed by atoms with Crippen molar-refractivity contribution in [2.24, 2.45) is 0 Å². The molecule has 0 radical (unpaired) electrons. The van der Waals surface area contributed by atoms with Gasteiger partial charge in [-0.05, 0) is 25.0 Å². The van der Waals surface area contributed by atoms with Crippen LogP contribution in [0.1, 0.15) is 25.7 Å². The molecular formula is C15H21ClN2O3. The minimum Gasteiger partial charge on any atom is -0.469 e. The SMILES string of the molecule is COC(=O)CCCCCNC(=O)CNc1ccccc1Cl. The molecule has 5 nitrogen and oxygen atoms in total. The third kappa shape index (κ3) is 7.56. The molecule has 0 heterocycles. The molecule has 1 aromatic carbocycles. The van der Waals surface area contributed by atoms with Crippen molar-refractivity contribution in [3.05, 3.63) is 29.3 Å². The average molecular weight is 313 g/mol. The van der Waals surface area contributed by atoms with Gasteiger partial charge in [0.1, 0.15) is 0 Å². The summed E-state index contributed by atoms with van der Waals surface area (Å²) < 4.78 is 4.55. The number of unbranched alkanes of at least 4 members (excludes halogenated alkanes) is 2. The van der Waals surface area contributed by atoms with Gasteiger partial charge in [-0.15, -0.1) is 0 Å². The molecule has 0 fully saturated rings. The highest BCUT2D eigenvalue weighted by Crippen LogP contribution is 2.19.